The van der Waals surface area contributed by atoms with E-state index in [0.717, 1.165) is 32.1 Å². The third-order valence-electron chi connectivity index (χ3n) is 5.47. The molecule has 0 radical (unpaired) electrons. The van der Waals surface area contributed by atoms with Gasteiger partial charge in [0.2, 0.25) is 0 Å². The van der Waals surface area contributed by atoms with Crippen molar-refractivity contribution >= 4 is 17.9 Å². The smallest absolute Gasteiger partial charge is 0.334 e. The van der Waals surface area contributed by atoms with Gasteiger partial charge in [0.05, 0.1) is 6.61 Å². The molecule has 0 aliphatic carbocycles. The molecule has 166 valence electrons. The maximum atomic E-state index is 11.5. The summed E-state index contributed by atoms with van der Waals surface area (Å²) < 4.78 is 10.0. The molecule has 0 spiro atoms. The first kappa shape index (κ1) is 25.2. The molecule has 0 unspecified atom stereocenters. The molecule has 1 aliphatic heterocycles. The molecule has 2 atom stereocenters. The van der Waals surface area contributed by atoms with Crippen molar-refractivity contribution in [1.29, 1.82) is 0 Å². The second kappa shape index (κ2) is 15.1. The van der Waals surface area contributed by atoms with Gasteiger partial charge in [-0.05, 0) is 19.3 Å². The van der Waals surface area contributed by atoms with Crippen LogP contribution in [0, 0.1) is 5.92 Å². The number of carboxylic acids is 1. The van der Waals surface area contributed by atoms with Crippen molar-refractivity contribution in [1.82, 2.24) is 0 Å². The highest BCUT2D eigenvalue weighted by Crippen LogP contribution is 2.30. The molecule has 0 bridgehead atoms. The standard InChI is InChI=1S/C23H38O6/c1-18-21(22(25)26)20(29-23(18)27)16-14-12-10-8-6-4-3-5-7-9-11-13-15-17-28-19(2)24/h20-21H,1,3-17H2,2H3,(H,25,26)/t20-,21+/m1/s1. The van der Waals surface area contributed by atoms with E-state index in [1.54, 1.807) is 0 Å². The number of hydrogen-bond donors (Lipinski definition) is 1. The number of aliphatic carboxylic acids is 1. The van der Waals surface area contributed by atoms with Gasteiger partial charge in [-0.2, -0.15) is 0 Å². The second-order valence-corrected chi connectivity index (χ2v) is 8.01. The lowest BCUT2D eigenvalue weighted by atomic mass is 9.93. The van der Waals surface area contributed by atoms with Crippen molar-refractivity contribution in [2.45, 2.75) is 103 Å². The summed E-state index contributed by atoms with van der Waals surface area (Å²) in [6, 6.07) is 0. The van der Waals surface area contributed by atoms with Crippen LogP contribution in [0.2, 0.25) is 0 Å². The Kier molecular flexibility index (Phi) is 13.1. The average Bonchev–Trinajstić information content (AvgIpc) is 2.95. The van der Waals surface area contributed by atoms with Gasteiger partial charge in [-0.1, -0.05) is 77.2 Å². The van der Waals surface area contributed by atoms with E-state index in [1.165, 1.54) is 58.3 Å². The Labute approximate surface area is 175 Å². The van der Waals surface area contributed by atoms with Crippen molar-refractivity contribution in [2.75, 3.05) is 6.61 Å². The number of hydrogen-bond acceptors (Lipinski definition) is 5. The lowest BCUT2D eigenvalue weighted by molar-refractivity contribution is -0.145. The zero-order valence-corrected chi connectivity index (χ0v) is 18.0. The molecule has 1 N–H and O–H groups in total. The lowest BCUT2D eigenvalue weighted by Crippen LogP contribution is -2.24. The highest BCUT2D eigenvalue weighted by Gasteiger charge is 2.42. The SMILES string of the molecule is C=C1C(=O)O[C@H](CCCCCCCCCCCCCCCOC(C)=O)[C@H]1C(=O)O. The summed E-state index contributed by atoms with van der Waals surface area (Å²) in [4.78, 5) is 33.3. The van der Waals surface area contributed by atoms with E-state index in [2.05, 4.69) is 6.58 Å². The first-order valence-corrected chi connectivity index (χ1v) is 11.2. The van der Waals surface area contributed by atoms with Crippen LogP contribution < -0.4 is 0 Å². The maximum absolute atomic E-state index is 11.5. The third-order valence-corrected chi connectivity index (χ3v) is 5.47. The van der Waals surface area contributed by atoms with E-state index in [9.17, 15) is 19.5 Å². The fourth-order valence-corrected chi connectivity index (χ4v) is 3.77. The van der Waals surface area contributed by atoms with Gasteiger partial charge >= 0.3 is 17.9 Å². The predicted molar refractivity (Wildman–Crippen MR) is 111 cm³/mol. The summed E-state index contributed by atoms with van der Waals surface area (Å²) in [5, 5.41) is 9.21. The normalized spacial score (nSPS) is 18.7. The van der Waals surface area contributed by atoms with E-state index < -0.39 is 24.0 Å². The minimum atomic E-state index is -1.02. The van der Waals surface area contributed by atoms with Crippen molar-refractivity contribution in [3.8, 4) is 0 Å². The quantitative estimate of drug-likeness (QED) is 0.201. The summed E-state index contributed by atoms with van der Waals surface area (Å²) in [5.74, 6) is -2.66. The molecule has 29 heavy (non-hydrogen) atoms. The van der Waals surface area contributed by atoms with Gasteiger partial charge < -0.3 is 14.6 Å². The number of carboxylic acid groups (broad SMARTS) is 1. The van der Waals surface area contributed by atoms with Gasteiger partial charge in [0.1, 0.15) is 12.0 Å². The highest BCUT2D eigenvalue weighted by molar-refractivity contribution is 5.97. The van der Waals surface area contributed by atoms with Crippen LogP contribution in [0.15, 0.2) is 12.2 Å². The second-order valence-electron chi connectivity index (χ2n) is 8.01. The van der Waals surface area contributed by atoms with E-state index in [-0.39, 0.29) is 11.5 Å². The number of esters is 2. The average molecular weight is 411 g/mol. The number of carbonyl (C=O) groups is 3. The summed E-state index contributed by atoms with van der Waals surface area (Å²) in [5.41, 5.74) is 0.0736. The van der Waals surface area contributed by atoms with Crippen LogP contribution in [0.1, 0.15) is 96.8 Å². The number of cyclic esters (lactones) is 1. The van der Waals surface area contributed by atoms with Crippen LogP contribution in [0.4, 0.5) is 0 Å². The molecule has 1 fully saturated rings. The zero-order chi connectivity index (χ0) is 21.5. The van der Waals surface area contributed by atoms with Crippen LogP contribution in [-0.4, -0.2) is 35.7 Å². The van der Waals surface area contributed by atoms with Crippen molar-refractivity contribution in [3.63, 3.8) is 0 Å². The summed E-state index contributed by atoms with van der Waals surface area (Å²) >= 11 is 0. The van der Waals surface area contributed by atoms with Crippen molar-refractivity contribution < 1.29 is 29.0 Å². The monoisotopic (exact) mass is 410 g/mol. The Balaban J connectivity index is 1.86. The Bertz CT molecular complexity index is 527. The first-order chi connectivity index (χ1) is 13.9. The number of rotatable bonds is 17. The Morgan fingerprint density at radius 2 is 1.34 bits per heavy atom. The van der Waals surface area contributed by atoms with E-state index in [0.29, 0.717) is 13.0 Å². The van der Waals surface area contributed by atoms with Crippen molar-refractivity contribution in [2.24, 2.45) is 5.92 Å². The fraction of sp³-hybridized carbons (Fsp3) is 0.783. The number of ether oxygens (including phenoxy) is 2. The number of unbranched alkanes of at least 4 members (excludes halogenated alkanes) is 12. The Hall–Kier alpha value is -1.85. The van der Waals surface area contributed by atoms with Gasteiger partial charge in [0.25, 0.3) is 0 Å². The van der Waals surface area contributed by atoms with Crippen LogP contribution >= 0.6 is 0 Å². The molecule has 0 aromatic rings. The summed E-state index contributed by atoms with van der Waals surface area (Å²) in [6.07, 6.45) is 15.3. The zero-order valence-electron chi connectivity index (χ0n) is 18.0. The van der Waals surface area contributed by atoms with Crippen LogP contribution in [0.3, 0.4) is 0 Å². The summed E-state index contributed by atoms with van der Waals surface area (Å²) in [7, 11) is 0. The van der Waals surface area contributed by atoms with Gasteiger partial charge in [0, 0.05) is 12.5 Å². The molecule has 6 heteroatoms. The molecule has 1 heterocycles. The molecular weight excluding hydrogens is 372 g/mol. The van der Waals surface area contributed by atoms with Gasteiger partial charge in [-0.15, -0.1) is 0 Å². The number of carbonyl (C=O) groups excluding carboxylic acids is 2. The van der Waals surface area contributed by atoms with Gasteiger partial charge in [-0.3, -0.25) is 9.59 Å². The Morgan fingerprint density at radius 3 is 1.79 bits per heavy atom. The maximum Gasteiger partial charge on any atom is 0.334 e. The van der Waals surface area contributed by atoms with Crippen LogP contribution in [-0.2, 0) is 23.9 Å². The largest absolute Gasteiger partial charge is 0.481 e. The molecule has 1 aliphatic rings. The first-order valence-electron chi connectivity index (χ1n) is 11.2. The van der Waals surface area contributed by atoms with Gasteiger partial charge in [-0.25, -0.2) is 4.79 Å². The third kappa shape index (κ3) is 11.1. The highest BCUT2D eigenvalue weighted by atomic mass is 16.6. The minimum absolute atomic E-state index is 0.0736. The molecular formula is C23H38O6. The fourth-order valence-electron chi connectivity index (χ4n) is 3.77. The predicted octanol–water partition coefficient (Wildman–Crippen LogP) is 5.19. The molecule has 6 nitrogen and oxygen atoms in total. The van der Waals surface area contributed by atoms with Gasteiger partial charge in [0.15, 0.2) is 0 Å². The lowest BCUT2D eigenvalue weighted by Gasteiger charge is -2.13. The molecule has 1 saturated heterocycles. The Morgan fingerprint density at radius 1 is 0.897 bits per heavy atom. The topological polar surface area (TPSA) is 89.9 Å². The van der Waals surface area contributed by atoms with Crippen LogP contribution in [0.25, 0.3) is 0 Å². The van der Waals surface area contributed by atoms with E-state index in [1.807, 2.05) is 0 Å². The minimum Gasteiger partial charge on any atom is -0.481 e. The molecule has 0 aromatic carbocycles. The molecule has 0 amide bonds. The van der Waals surface area contributed by atoms with E-state index >= 15 is 0 Å². The molecule has 0 aromatic heterocycles. The molecule has 0 saturated carbocycles. The van der Waals surface area contributed by atoms with Crippen LogP contribution in [0.5, 0.6) is 0 Å². The molecule has 1 rings (SSSR count). The van der Waals surface area contributed by atoms with E-state index in [4.69, 9.17) is 9.47 Å². The van der Waals surface area contributed by atoms with Crippen molar-refractivity contribution in [3.05, 3.63) is 12.2 Å². The summed E-state index contributed by atoms with van der Waals surface area (Å²) in [6.45, 7) is 5.54.